The highest BCUT2D eigenvalue weighted by molar-refractivity contribution is 7.99. The molecule has 0 saturated carbocycles. The third-order valence-electron chi connectivity index (χ3n) is 3.71. The van der Waals surface area contributed by atoms with Gasteiger partial charge in [0.1, 0.15) is 5.75 Å². The van der Waals surface area contributed by atoms with Crippen LogP contribution < -0.4 is 4.74 Å². The molecule has 0 unspecified atom stereocenters. The van der Waals surface area contributed by atoms with Crippen molar-refractivity contribution >= 4 is 23.4 Å². The Morgan fingerprint density at radius 3 is 2.50 bits per heavy atom. The molecule has 0 fully saturated rings. The van der Waals surface area contributed by atoms with Gasteiger partial charge in [0.15, 0.2) is 11.0 Å². The molecule has 6 heteroatoms. The Morgan fingerprint density at radius 1 is 1.04 bits per heavy atom. The Labute approximate surface area is 163 Å². The van der Waals surface area contributed by atoms with Crippen LogP contribution in [0.2, 0.25) is 5.02 Å². The van der Waals surface area contributed by atoms with Crippen LogP contribution >= 0.6 is 23.4 Å². The summed E-state index contributed by atoms with van der Waals surface area (Å²) in [5.74, 6) is 2.90. The smallest absolute Gasteiger partial charge is 0.191 e. The van der Waals surface area contributed by atoms with Crippen molar-refractivity contribution in [3.8, 4) is 17.1 Å². The normalized spacial score (nSPS) is 11.1. The minimum Gasteiger partial charge on any atom is -0.491 e. The number of rotatable bonds is 8. The molecule has 4 nitrogen and oxygen atoms in total. The van der Waals surface area contributed by atoms with E-state index in [-0.39, 0.29) is 0 Å². The van der Waals surface area contributed by atoms with Crippen molar-refractivity contribution in [2.45, 2.75) is 25.5 Å². The SMILES string of the molecule is CC(C)Cn1c(SCCOc2ccccc2Cl)nnc1-c1ccccc1. The Kier molecular flexibility index (Phi) is 6.58. The van der Waals surface area contributed by atoms with E-state index in [1.165, 1.54) is 0 Å². The van der Waals surface area contributed by atoms with Gasteiger partial charge in [0, 0.05) is 17.9 Å². The zero-order chi connectivity index (χ0) is 18.4. The average Bonchev–Trinajstić information content (AvgIpc) is 3.03. The van der Waals surface area contributed by atoms with E-state index in [0.29, 0.717) is 23.3 Å². The fourth-order valence-corrected chi connectivity index (χ4v) is 3.53. The first-order valence-electron chi connectivity index (χ1n) is 8.64. The highest BCUT2D eigenvalue weighted by Gasteiger charge is 2.15. The minimum atomic E-state index is 0.507. The molecule has 0 amide bonds. The van der Waals surface area contributed by atoms with Crippen LogP contribution in [0.3, 0.4) is 0 Å². The molecule has 26 heavy (non-hydrogen) atoms. The summed E-state index contributed by atoms with van der Waals surface area (Å²) < 4.78 is 7.96. The van der Waals surface area contributed by atoms with Gasteiger partial charge in [-0.05, 0) is 18.1 Å². The van der Waals surface area contributed by atoms with Crippen molar-refractivity contribution in [2.24, 2.45) is 5.92 Å². The third kappa shape index (κ3) is 4.80. The van der Waals surface area contributed by atoms with Gasteiger partial charge in [-0.1, -0.05) is 79.7 Å². The molecule has 1 heterocycles. The van der Waals surface area contributed by atoms with Gasteiger partial charge in [-0.15, -0.1) is 10.2 Å². The maximum atomic E-state index is 6.12. The van der Waals surface area contributed by atoms with Gasteiger partial charge < -0.3 is 9.30 Å². The summed E-state index contributed by atoms with van der Waals surface area (Å²) >= 11 is 7.77. The Morgan fingerprint density at radius 2 is 1.77 bits per heavy atom. The van der Waals surface area contributed by atoms with Gasteiger partial charge in [0.25, 0.3) is 0 Å². The van der Waals surface area contributed by atoms with E-state index in [0.717, 1.165) is 28.8 Å². The standard InChI is InChI=1S/C20H22ClN3OS/c1-15(2)14-24-19(16-8-4-3-5-9-16)22-23-20(24)26-13-12-25-18-11-7-6-10-17(18)21/h3-11,15H,12-14H2,1-2H3. The lowest BCUT2D eigenvalue weighted by molar-refractivity contribution is 0.344. The second-order valence-corrected chi connectivity index (χ2v) is 7.77. The summed E-state index contributed by atoms with van der Waals surface area (Å²) in [5, 5.41) is 10.4. The van der Waals surface area contributed by atoms with E-state index < -0.39 is 0 Å². The lowest BCUT2D eigenvalue weighted by Gasteiger charge is -2.13. The van der Waals surface area contributed by atoms with Crippen LogP contribution in [0.4, 0.5) is 0 Å². The predicted molar refractivity (Wildman–Crippen MR) is 108 cm³/mol. The molecule has 0 spiro atoms. The minimum absolute atomic E-state index is 0.507. The van der Waals surface area contributed by atoms with Crippen molar-refractivity contribution in [1.29, 1.82) is 0 Å². The molecule has 0 saturated heterocycles. The molecule has 0 bridgehead atoms. The first-order valence-corrected chi connectivity index (χ1v) is 10.00. The molecule has 0 radical (unpaired) electrons. The van der Waals surface area contributed by atoms with Crippen LogP contribution in [0.1, 0.15) is 13.8 Å². The number of ether oxygens (including phenoxy) is 1. The number of thioether (sulfide) groups is 1. The number of halogens is 1. The molecular weight excluding hydrogens is 366 g/mol. The number of para-hydroxylation sites is 1. The molecule has 0 N–H and O–H groups in total. The molecule has 0 aliphatic carbocycles. The molecule has 136 valence electrons. The van der Waals surface area contributed by atoms with Crippen LogP contribution in [-0.4, -0.2) is 27.1 Å². The number of nitrogens with zero attached hydrogens (tertiary/aromatic N) is 3. The number of hydrogen-bond donors (Lipinski definition) is 0. The average molecular weight is 388 g/mol. The summed E-state index contributed by atoms with van der Waals surface area (Å²) in [5.41, 5.74) is 1.08. The largest absolute Gasteiger partial charge is 0.491 e. The second kappa shape index (κ2) is 9.10. The summed E-state index contributed by atoms with van der Waals surface area (Å²) in [4.78, 5) is 0. The lowest BCUT2D eigenvalue weighted by atomic mass is 10.2. The molecule has 3 aromatic rings. The maximum Gasteiger partial charge on any atom is 0.191 e. The predicted octanol–water partition coefficient (Wildman–Crippen LogP) is 5.43. The molecule has 0 aliphatic heterocycles. The van der Waals surface area contributed by atoms with E-state index >= 15 is 0 Å². The number of hydrogen-bond acceptors (Lipinski definition) is 4. The van der Waals surface area contributed by atoms with Crippen LogP contribution in [0.15, 0.2) is 59.8 Å². The van der Waals surface area contributed by atoms with Crippen LogP contribution in [-0.2, 0) is 6.54 Å². The molecule has 0 aliphatic rings. The van der Waals surface area contributed by atoms with Crippen LogP contribution in [0.5, 0.6) is 5.75 Å². The van der Waals surface area contributed by atoms with Gasteiger partial charge in [0.2, 0.25) is 0 Å². The molecule has 3 rings (SSSR count). The van der Waals surface area contributed by atoms with Gasteiger partial charge in [-0.2, -0.15) is 0 Å². The van der Waals surface area contributed by atoms with Crippen molar-refractivity contribution in [1.82, 2.24) is 14.8 Å². The van der Waals surface area contributed by atoms with Crippen molar-refractivity contribution in [3.63, 3.8) is 0 Å². The van der Waals surface area contributed by atoms with Gasteiger partial charge in [0.05, 0.1) is 11.6 Å². The summed E-state index contributed by atoms with van der Waals surface area (Å²) in [6, 6.07) is 17.7. The fourth-order valence-electron chi connectivity index (χ4n) is 2.57. The molecule has 1 aromatic heterocycles. The monoisotopic (exact) mass is 387 g/mol. The summed E-state index contributed by atoms with van der Waals surface area (Å²) in [6.07, 6.45) is 0. The van der Waals surface area contributed by atoms with Crippen LogP contribution in [0.25, 0.3) is 11.4 Å². The zero-order valence-electron chi connectivity index (χ0n) is 14.9. The highest BCUT2D eigenvalue weighted by atomic mass is 35.5. The first-order chi connectivity index (χ1) is 12.6. The molecule has 2 aromatic carbocycles. The molecule has 0 atom stereocenters. The van der Waals surface area contributed by atoms with Gasteiger partial charge in [-0.3, -0.25) is 0 Å². The van der Waals surface area contributed by atoms with Crippen molar-refractivity contribution < 1.29 is 4.74 Å². The van der Waals surface area contributed by atoms with E-state index in [4.69, 9.17) is 16.3 Å². The number of benzene rings is 2. The highest BCUT2D eigenvalue weighted by Crippen LogP contribution is 2.26. The van der Waals surface area contributed by atoms with Crippen molar-refractivity contribution in [3.05, 3.63) is 59.6 Å². The van der Waals surface area contributed by atoms with E-state index in [1.807, 2.05) is 42.5 Å². The Bertz CT molecular complexity index is 836. The summed E-state index contributed by atoms with van der Waals surface area (Å²) in [6.45, 7) is 5.84. The maximum absolute atomic E-state index is 6.12. The van der Waals surface area contributed by atoms with Crippen molar-refractivity contribution in [2.75, 3.05) is 12.4 Å². The zero-order valence-corrected chi connectivity index (χ0v) is 16.5. The van der Waals surface area contributed by atoms with E-state index in [2.05, 4.69) is 40.7 Å². The molecular formula is C20H22ClN3OS. The quantitative estimate of drug-likeness (QED) is 0.382. The lowest BCUT2D eigenvalue weighted by Crippen LogP contribution is -2.09. The van der Waals surface area contributed by atoms with E-state index in [9.17, 15) is 0 Å². The van der Waals surface area contributed by atoms with Crippen LogP contribution in [0, 0.1) is 5.92 Å². The fraction of sp³-hybridized carbons (Fsp3) is 0.300. The second-order valence-electron chi connectivity index (χ2n) is 6.30. The summed E-state index contributed by atoms with van der Waals surface area (Å²) in [7, 11) is 0. The first kappa shape index (κ1) is 18.8. The Balaban J connectivity index is 1.67. The van der Waals surface area contributed by atoms with Gasteiger partial charge >= 0.3 is 0 Å². The Hall–Kier alpha value is -1.98. The third-order valence-corrected chi connectivity index (χ3v) is 4.95. The topological polar surface area (TPSA) is 39.9 Å². The number of aromatic nitrogens is 3. The van der Waals surface area contributed by atoms with Gasteiger partial charge in [-0.25, -0.2) is 0 Å². The van der Waals surface area contributed by atoms with E-state index in [1.54, 1.807) is 11.8 Å².